The lowest BCUT2D eigenvalue weighted by Crippen LogP contribution is -2.21. The van der Waals surface area contributed by atoms with Gasteiger partial charge in [0.15, 0.2) is 0 Å². The molecule has 8 heteroatoms. The van der Waals surface area contributed by atoms with Crippen LogP contribution in [0.2, 0.25) is 0 Å². The van der Waals surface area contributed by atoms with Gasteiger partial charge in [-0.25, -0.2) is 4.39 Å². The zero-order valence-corrected chi connectivity index (χ0v) is 19.3. The summed E-state index contributed by atoms with van der Waals surface area (Å²) < 4.78 is 18.0. The zero-order valence-electron chi connectivity index (χ0n) is 17.7. The van der Waals surface area contributed by atoms with Crippen LogP contribution in [0.25, 0.3) is 16.5 Å². The lowest BCUT2D eigenvalue weighted by Gasteiger charge is -2.10. The van der Waals surface area contributed by atoms with E-state index in [9.17, 15) is 14.0 Å². The molecule has 0 spiro atoms. The third-order valence-electron chi connectivity index (χ3n) is 5.53. The fourth-order valence-electron chi connectivity index (χ4n) is 3.90. The van der Waals surface area contributed by atoms with Gasteiger partial charge in [0.05, 0.1) is 23.0 Å². The zero-order chi connectivity index (χ0) is 22.8. The van der Waals surface area contributed by atoms with Crippen molar-refractivity contribution in [3.05, 3.63) is 86.8 Å². The van der Waals surface area contributed by atoms with E-state index in [1.807, 2.05) is 48.7 Å². The average molecular weight is 497 g/mol. The summed E-state index contributed by atoms with van der Waals surface area (Å²) in [7, 11) is 0. The number of fused-ring (bicyclic) bond motifs is 1. The molecule has 2 aromatic carbocycles. The summed E-state index contributed by atoms with van der Waals surface area (Å²) >= 11 is 3.20. The number of nitrogens with zero attached hydrogens (tertiary/aromatic N) is 3. The molecular weight excluding hydrogens is 475 g/mol. The Kier molecular flexibility index (Phi) is 6.23. The molecule has 4 rings (SSSR count). The van der Waals surface area contributed by atoms with Gasteiger partial charge in [-0.1, -0.05) is 34.1 Å². The molecule has 0 aliphatic rings. The largest absolute Gasteiger partial charge is 0.348 e. The number of benzene rings is 2. The SMILES string of the molecule is Cc1c2cnn(-c3ccccc3)c(=O)c2c(C)n1CCCC(=O)Nc1ccc(Br)cc1F. The highest BCUT2D eigenvalue weighted by molar-refractivity contribution is 9.10. The highest BCUT2D eigenvalue weighted by Crippen LogP contribution is 2.23. The Morgan fingerprint density at radius 3 is 2.59 bits per heavy atom. The summed E-state index contributed by atoms with van der Waals surface area (Å²) in [6.45, 7) is 4.41. The highest BCUT2D eigenvalue weighted by Gasteiger charge is 2.17. The lowest BCUT2D eigenvalue weighted by atomic mass is 10.2. The molecular formula is C24H22BrFN4O2. The molecule has 0 fully saturated rings. The Bertz CT molecular complexity index is 1360. The van der Waals surface area contributed by atoms with E-state index in [1.165, 1.54) is 16.8 Å². The molecule has 0 saturated carbocycles. The Labute approximate surface area is 192 Å². The average Bonchev–Trinajstić information content (AvgIpc) is 3.02. The number of rotatable bonds is 6. The van der Waals surface area contributed by atoms with Crippen molar-refractivity contribution in [3.8, 4) is 5.69 Å². The third-order valence-corrected chi connectivity index (χ3v) is 6.02. The molecule has 2 heterocycles. The second-order valence-corrected chi connectivity index (χ2v) is 8.50. The number of aryl methyl sites for hydroxylation is 2. The molecule has 6 nitrogen and oxygen atoms in total. The molecule has 32 heavy (non-hydrogen) atoms. The highest BCUT2D eigenvalue weighted by atomic mass is 79.9. The van der Waals surface area contributed by atoms with Gasteiger partial charge in [-0.05, 0) is 50.6 Å². The number of aromatic nitrogens is 3. The van der Waals surface area contributed by atoms with Gasteiger partial charge < -0.3 is 9.88 Å². The Morgan fingerprint density at radius 1 is 1.12 bits per heavy atom. The van der Waals surface area contributed by atoms with E-state index >= 15 is 0 Å². The number of nitrogens with one attached hydrogen (secondary N) is 1. The van der Waals surface area contributed by atoms with Gasteiger partial charge in [-0.15, -0.1) is 0 Å². The van der Waals surface area contributed by atoms with E-state index in [4.69, 9.17) is 0 Å². The molecule has 0 atom stereocenters. The molecule has 0 aliphatic carbocycles. The molecule has 1 N–H and O–H groups in total. The summed E-state index contributed by atoms with van der Waals surface area (Å²) in [4.78, 5) is 25.4. The maximum absolute atomic E-state index is 13.9. The minimum atomic E-state index is -0.488. The normalized spacial score (nSPS) is 11.1. The molecule has 164 valence electrons. The van der Waals surface area contributed by atoms with Crippen LogP contribution in [0, 0.1) is 19.7 Å². The summed E-state index contributed by atoms with van der Waals surface area (Å²) in [5.74, 6) is -0.746. The molecule has 0 radical (unpaired) electrons. The minimum Gasteiger partial charge on any atom is -0.348 e. The van der Waals surface area contributed by atoms with E-state index in [0.29, 0.717) is 28.5 Å². The van der Waals surface area contributed by atoms with Crippen molar-refractivity contribution in [1.29, 1.82) is 0 Å². The van der Waals surface area contributed by atoms with Crippen LogP contribution in [0.1, 0.15) is 24.2 Å². The number of amides is 1. The van der Waals surface area contributed by atoms with E-state index in [2.05, 4.69) is 26.3 Å². The van der Waals surface area contributed by atoms with Crippen LogP contribution in [-0.2, 0) is 11.3 Å². The standard InChI is InChI=1S/C24H22BrFN4O2/c1-15-19-14-27-30(18-7-4-3-5-8-18)24(32)23(19)16(2)29(15)12-6-9-22(31)28-21-11-10-17(25)13-20(21)26/h3-5,7-8,10-11,13-14H,6,9,12H2,1-2H3,(H,28,31). The fraction of sp³-hybridized carbons (Fsp3) is 0.208. The molecule has 0 saturated heterocycles. The predicted octanol–water partition coefficient (Wildman–Crippen LogP) is 5.12. The van der Waals surface area contributed by atoms with Gasteiger partial charge in [0.25, 0.3) is 5.56 Å². The van der Waals surface area contributed by atoms with Crippen molar-refractivity contribution in [1.82, 2.24) is 14.3 Å². The van der Waals surface area contributed by atoms with E-state index in [-0.39, 0.29) is 23.6 Å². The lowest BCUT2D eigenvalue weighted by molar-refractivity contribution is -0.116. The Balaban J connectivity index is 1.51. The molecule has 2 aromatic heterocycles. The fourth-order valence-corrected chi connectivity index (χ4v) is 4.23. The van der Waals surface area contributed by atoms with Gasteiger partial charge in [0.1, 0.15) is 5.82 Å². The second-order valence-electron chi connectivity index (χ2n) is 7.58. The van der Waals surface area contributed by atoms with E-state index < -0.39 is 5.82 Å². The molecule has 1 amide bonds. The predicted molar refractivity (Wildman–Crippen MR) is 127 cm³/mol. The maximum atomic E-state index is 13.9. The van der Waals surface area contributed by atoms with Crippen LogP contribution >= 0.6 is 15.9 Å². The van der Waals surface area contributed by atoms with E-state index in [0.717, 1.165) is 16.8 Å². The first-order valence-corrected chi connectivity index (χ1v) is 11.0. The van der Waals surface area contributed by atoms with Crippen molar-refractivity contribution in [2.45, 2.75) is 33.2 Å². The first kappa shape index (κ1) is 22.0. The summed E-state index contributed by atoms with van der Waals surface area (Å²) in [5.41, 5.74) is 2.47. The van der Waals surface area contributed by atoms with Crippen LogP contribution in [-0.4, -0.2) is 20.3 Å². The third kappa shape index (κ3) is 4.23. The number of carbonyl (C=O) groups excluding carboxylic acids is 1. The van der Waals surface area contributed by atoms with Crippen LogP contribution < -0.4 is 10.9 Å². The monoisotopic (exact) mass is 496 g/mol. The topological polar surface area (TPSA) is 68.9 Å². The Morgan fingerprint density at radius 2 is 1.88 bits per heavy atom. The van der Waals surface area contributed by atoms with Crippen molar-refractivity contribution in [2.24, 2.45) is 0 Å². The van der Waals surface area contributed by atoms with Crippen molar-refractivity contribution >= 4 is 38.3 Å². The molecule has 0 aliphatic heterocycles. The van der Waals surface area contributed by atoms with Gasteiger partial charge in [0, 0.05) is 34.2 Å². The van der Waals surface area contributed by atoms with Crippen LogP contribution in [0.5, 0.6) is 0 Å². The summed E-state index contributed by atoms with van der Waals surface area (Å²) in [6, 6.07) is 13.8. The van der Waals surface area contributed by atoms with Gasteiger partial charge in [-0.3, -0.25) is 9.59 Å². The molecule has 0 bridgehead atoms. The second kappa shape index (κ2) is 9.08. The van der Waals surface area contributed by atoms with Crippen LogP contribution in [0.15, 0.2) is 64.0 Å². The van der Waals surface area contributed by atoms with Gasteiger partial charge in [0.2, 0.25) is 5.91 Å². The maximum Gasteiger partial charge on any atom is 0.281 e. The van der Waals surface area contributed by atoms with Crippen molar-refractivity contribution < 1.29 is 9.18 Å². The minimum absolute atomic E-state index is 0.157. The van der Waals surface area contributed by atoms with E-state index in [1.54, 1.807) is 12.3 Å². The first-order valence-electron chi connectivity index (χ1n) is 10.2. The summed E-state index contributed by atoms with van der Waals surface area (Å²) in [6.07, 6.45) is 2.49. The number of hydrogen-bond donors (Lipinski definition) is 1. The van der Waals surface area contributed by atoms with Crippen LogP contribution in [0.3, 0.4) is 0 Å². The van der Waals surface area contributed by atoms with Crippen molar-refractivity contribution in [2.75, 3.05) is 5.32 Å². The first-order chi connectivity index (χ1) is 15.4. The molecule has 0 unspecified atom stereocenters. The van der Waals surface area contributed by atoms with Gasteiger partial charge >= 0.3 is 0 Å². The van der Waals surface area contributed by atoms with Gasteiger partial charge in [-0.2, -0.15) is 9.78 Å². The van der Waals surface area contributed by atoms with Crippen LogP contribution in [0.4, 0.5) is 10.1 Å². The number of anilines is 1. The number of halogens is 2. The van der Waals surface area contributed by atoms with Crippen molar-refractivity contribution in [3.63, 3.8) is 0 Å². The smallest absolute Gasteiger partial charge is 0.281 e. The number of para-hydroxylation sites is 1. The molecule has 4 aromatic rings. The Hall–Kier alpha value is -3.26. The quantitative estimate of drug-likeness (QED) is 0.402. The number of carbonyl (C=O) groups is 1. The summed E-state index contributed by atoms with van der Waals surface area (Å²) in [5, 5.41) is 8.39. The number of hydrogen-bond acceptors (Lipinski definition) is 3.